The molecule has 5 rings (SSSR count). The van der Waals surface area contributed by atoms with Gasteiger partial charge in [0.25, 0.3) is 11.8 Å². The number of ether oxygens (including phenoxy) is 2. The Morgan fingerprint density at radius 2 is 1.70 bits per heavy atom. The maximum absolute atomic E-state index is 13.7. The summed E-state index contributed by atoms with van der Waals surface area (Å²) in [6.07, 6.45) is 6.18. The Labute approximate surface area is 275 Å². The summed E-state index contributed by atoms with van der Waals surface area (Å²) in [7, 11) is 5.27. The number of benzene rings is 3. The molecule has 1 N–H and O–H groups in total. The molecule has 1 aliphatic rings. The summed E-state index contributed by atoms with van der Waals surface area (Å²) in [6.45, 7) is 5.91. The lowest BCUT2D eigenvalue weighted by atomic mass is 10.1. The van der Waals surface area contributed by atoms with Crippen LogP contribution in [0.1, 0.15) is 52.0 Å². The highest BCUT2D eigenvalue weighted by Crippen LogP contribution is 2.32. The Balaban J connectivity index is 1.19. The Kier molecular flexibility index (Phi) is 11.0. The number of aromatic nitrogens is 2. The molecule has 0 saturated carbocycles. The van der Waals surface area contributed by atoms with Gasteiger partial charge in [0, 0.05) is 57.6 Å². The van der Waals surface area contributed by atoms with Crippen LogP contribution >= 0.6 is 0 Å². The number of hydrogen-bond donors (Lipinski definition) is 1. The summed E-state index contributed by atoms with van der Waals surface area (Å²) in [4.78, 5) is 53.7. The molecule has 0 spiro atoms. The molecule has 2 heterocycles. The molecular weight excluding hydrogens is 596 g/mol. The van der Waals surface area contributed by atoms with Crippen LogP contribution in [0, 0.1) is 6.92 Å². The number of unbranched alkanes of at least 4 members (excludes halogenated alkanes) is 2. The van der Waals surface area contributed by atoms with Crippen LogP contribution in [0.4, 0.5) is 11.4 Å². The first-order valence-corrected chi connectivity index (χ1v) is 15.9. The van der Waals surface area contributed by atoms with Crippen molar-refractivity contribution in [2.24, 2.45) is 0 Å². The largest absolute Gasteiger partial charge is 0.495 e. The van der Waals surface area contributed by atoms with E-state index in [4.69, 9.17) is 9.47 Å². The van der Waals surface area contributed by atoms with Gasteiger partial charge in [0.15, 0.2) is 0 Å². The van der Waals surface area contributed by atoms with Crippen molar-refractivity contribution in [3.05, 3.63) is 83.7 Å². The SMILES string of the molecule is COc1cc(C(=O)N(C)c2ccc(C)cc2OCCCCCC(=O)N2CCN(C)CC2)ccc1NC(=O)c1cccc2nccnc12. The highest BCUT2D eigenvalue weighted by Gasteiger charge is 2.21. The van der Waals surface area contributed by atoms with E-state index < -0.39 is 0 Å². The first-order chi connectivity index (χ1) is 22.7. The van der Waals surface area contributed by atoms with Gasteiger partial charge in [-0.3, -0.25) is 24.4 Å². The summed E-state index contributed by atoms with van der Waals surface area (Å²) in [5, 5.41) is 2.87. The highest BCUT2D eigenvalue weighted by atomic mass is 16.5. The number of para-hydroxylation sites is 1. The summed E-state index contributed by atoms with van der Waals surface area (Å²) in [5.74, 6) is 0.556. The van der Waals surface area contributed by atoms with Gasteiger partial charge < -0.3 is 29.5 Å². The monoisotopic (exact) mass is 638 g/mol. The van der Waals surface area contributed by atoms with Crippen molar-refractivity contribution in [1.82, 2.24) is 19.8 Å². The summed E-state index contributed by atoms with van der Waals surface area (Å²) in [5.41, 5.74) is 3.94. The van der Waals surface area contributed by atoms with Gasteiger partial charge in [-0.2, -0.15) is 0 Å². The third kappa shape index (κ3) is 8.23. The van der Waals surface area contributed by atoms with Gasteiger partial charge in [0.2, 0.25) is 5.91 Å². The predicted molar refractivity (Wildman–Crippen MR) is 182 cm³/mol. The van der Waals surface area contributed by atoms with Gasteiger partial charge >= 0.3 is 0 Å². The topological polar surface area (TPSA) is 117 Å². The molecule has 11 nitrogen and oxygen atoms in total. The zero-order chi connectivity index (χ0) is 33.3. The molecule has 0 atom stereocenters. The third-order valence-electron chi connectivity index (χ3n) is 8.37. The predicted octanol–water partition coefficient (Wildman–Crippen LogP) is 5.19. The normalized spacial score (nSPS) is 13.3. The van der Waals surface area contributed by atoms with Crippen molar-refractivity contribution >= 4 is 40.1 Å². The number of piperazine rings is 1. The molecular formula is C36H42N6O5. The highest BCUT2D eigenvalue weighted by molar-refractivity contribution is 6.12. The maximum Gasteiger partial charge on any atom is 0.258 e. The average Bonchev–Trinajstić information content (AvgIpc) is 3.09. The van der Waals surface area contributed by atoms with Gasteiger partial charge in [-0.05, 0) is 81.3 Å². The van der Waals surface area contributed by atoms with Gasteiger partial charge in [0.1, 0.15) is 17.0 Å². The Morgan fingerprint density at radius 3 is 2.49 bits per heavy atom. The van der Waals surface area contributed by atoms with E-state index >= 15 is 0 Å². The van der Waals surface area contributed by atoms with E-state index in [2.05, 4.69) is 27.2 Å². The van der Waals surface area contributed by atoms with Crippen LogP contribution in [0.15, 0.2) is 67.0 Å². The van der Waals surface area contributed by atoms with E-state index in [1.165, 1.54) is 7.11 Å². The molecule has 1 aromatic heterocycles. The third-order valence-corrected chi connectivity index (χ3v) is 8.37. The van der Waals surface area contributed by atoms with E-state index in [1.54, 1.807) is 60.7 Å². The summed E-state index contributed by atoms with van der Waals surface area (Å²) in [6, 6.07) is 15.9. The number of carbonyl (C=O) groups excluding carboxylic acids is 3. The minimum absolute atomic E-state index is 0.229. The van der Waals surface area contributed by atoms with Crippen molar-refractivity contribution in [1.29, 1.82) is 0 Å². The number of amides is 3. The fraction of sp³-hybridized carbons (Fsp3) is 0.361. The van der Waals surface area contributed by atoms with Crippen LogP contribution in [0.3, 0.4) is 0 Å². The standard InChI is InChI=1S/C36H42N6O5/c1-25-12-15-30(32(23-25)47-22-7-5-6-11-33(43)42-20-18-40(2)19-21-42)41(3)36(45)26-13-14-28(31(24-26)46-4)39-35(44)27-9-8-10-29-34(27)38-17-16-37-29/h8-10,12-17,23-24H,5-7,11,18-22H2,1-4H3,(H,39,44). The number of hydrogen-bond acceptors (Lipinski definition) is 8. The molecule has 0 unspecified atom stereocenters. The van der Waals surface area contributed by atoms with E-state index in [0.717, 1.165) is 51.0 Å². The van der Waals surface area contributed by atoms with Crippen LogP contribution in [0.25, 0.3) is 11.0 Å². The number of likely N-dealkylation sites (N-methyl/N-ethyl adjacent to an activating group) is 1. The quantitative estimate of drug-likeness (QED) is 0.211. The number of fused-ring (bicyclic) bond motifs is 1. The molecule has 4 aromatic rings. The molecule has 11 heteroatoms. The van der Waals surface area contributed by atoms with Gasteiger partial charge in [-0.15, -0.1) is 0 Å². The molecule has 0 radical (unpaired) electrons. The van der Waals surface area contributed by atoms with Crippen molar-refractivity contribution in [2.75, 3.05) is 64.2 Å². The second-order valence-corrected chi connectivity index (χ2v) is 11.8. The molecule has 246 valence electrons. The molecule has 3 amide bonds. The van der Waals surface area contributed by atoms with E-state index in [0.29, 0.717) is 58.1 Å². The zero-order valence-corrected chi connectivity index (χ0v) is 27.5. The number of nitrogens with one attached hydrogen (secondary N) is 1. The zero-order valence-electron chi connectivity index (χ0n) is 27.5. The second-order valence-electron chi connectivity index (χ2n) is 11.8. The molecule has 0 aliphatic carbocycles. The number of nitrogens with zero attached hydrogens (tertiary/aromatic N) is 5. The van der Waals surface area contributed by atoms with Gasteiger partial charge in [-0.25, -0.2) is 0 Å². The van der Waals surface area contributed by atoms with Crippen LogP contribution in [0.5, 0.6) is 11.5 Å². The Bertz CT molecular complexity index is 1730. The summed E-state index contributed by atoms with van der Waals surface area (Å²) < 4.78 is 11.7. The van der Waals surface area contributed by atoms with E-state index in [-0.39, 0.29) is 17.7 Å². The first kappa shape index (κ1) is 33.3. The Hall–Kier alpha value is -5.03. The van der Waals surface area contributed by atoms with Crippen LogP contribution in [-0.4, -0.2) is 91.5 Å². The molecule has 47 heavy (non-hydrogen) atoms. The smallest absolute Gasteiger partial charge is 0.258 e. The van der Waals surface area contributed by atoms with Crippen LogP contribution in [0.2, 0.25) is 0 Å². The van der Waals surface area contributed by atoms with Crippen molar-refractivity contribution in [3.8, 4) is 11.5 Å². The fourth-order valence-corrected chi connectivity index (χ4v) is 5.56. The number of methoxy groups -OCH3 is 1. The fourth-order valence-electron chi connectivity index (χ4n) is 5.56. The lowest BCUT2D eigenvalue weighted by Gasteiger charge is -2.32. The average molecular weight is 639 g/mol. The van der Waals surface area contributed by atoms with Crippen molar-refractivity contribution < 1.29 is 23.9 Å². The van der Waals surface area contributed by atoms with Crippen molar-refractivity contribution in [3.63, 3.8) is 0 Å². The Morgan fingerprint density at radius 1 is 0.915 bits per heavy atom. The minimum atomic E-state index is -0.367. The molecule has 1 fully saturated rings. The maximum atomic E-state index is 13.7. The van der Waals surface area contributed by atoms with Crippen LogP contribution in [-0.2, 0) is 4.79 Å². The summed E-state index contributed by atoms with van der Waals surface area (Å²) >= 11 is 0. The lowest BCUT2D eigenvalue weighted by Crippen LogP contribution is -2.47. The number of rotatable bonds is 12. The molecule has 0 bridgehead atoms. The van der Waals surface area contributed by atoms with Crippen molar-refractivity contribution in [2.45, 2.75) is 32.6 Å². The molecule has 1 saturated heterocycles. The number of anilines is 2. The van der Waals surface area contributed by atoms with Gasteiger partial charge in [0.05, 0.1) is 36.2 Å². The lowest BCUT2D eigenvalue weighted by molar-refractivity contribution is -0.132. The minimum Gasteiger partial charge on any atom is -0.495 e. The number of aryl methyl sites for hydroxylation is 1. The second kappa shape index (κ2) is 15.5. The van der Waals surface area contributed by atoms with Crippen LogP contribution < -0.4 is 19.7 Å². The number of carbonyl (C=O) groups is 3. The van der Waals surface area contributed by atoms with Gasteiger partial charge in [-0.1, -0.05) is 12.1 Å². The van der Waals surface area contributed by atoms with E-state index in [9.17, 15) is 14.4 Å². The molecule has 1 aliphatic heterocycles. The molecule has 3 aromatic carbocycles. The van der Waals surface area contributed by atoms with E-state index in [1.807, 2.05) is 30.0 Å². The first-order valence-electron chi connectivity index (χ1n) is 15.9.